The lowest BCUT2D eigenvalue weighted by Crippen LogP contribution is -2.52. The van der Waals surface area contributed by atoms with Gasteiger partial charge < -0.3 is 10.2 Å². The largest absolute Gasteiger partial charge is 0.333 e. The zero-order valence-corrected chi connectivity index (χ0v) is 13.8. The van der Waals surface area contributed by atoms with Gasteiger partial charge in [0.1, 0.15) is 4.83 Å². The summed E-state index contributed by atoms with van der Waals surface area (Å²) in [6, 6.07) is 2.28. The lowest BCUT2D eigenvalue weighted by molar-refractivity contribution is 0.0661. The maximum atomic E-state index is 12.7. The Morgan fingerprint density at radius 1 is 1.52 bits per heavy atom. The molecule has 0 spiro atoms. The first-order valence-corrected chi connectivity index (χ1v) is 8.28. The third kappa shape index (κ3) is 2.46. The van der Waals surface area contributed by atoms with Gasteiger partial charge in [-0.1, -0.05) is 13.8 Å². The zero-order valence-electron chi connectivity index (χ0n) is 13.0. The Balaban J connectivity index is 1.97. The van der Waals surface area contributed by atoms with E-state index in [1.807, 2.05) is 22.7 Å². The van der Waals surface area contributed by atoms with Gasteiger partial charge in [-0.15, -0.1) is 11.3 Å². The number of carbonyl (C=O) groups excluding carboxylic acids is 1. The van der Waals surface area contributed by atoms with Crippen LogP contribution in [0.4, 0.5) is 0 Å². The van der Waals surface area contributed by atoms with Crippen molar-refractivity contribution in [1.82, 2.24) is 20.0 Å². The van der Waals surface area contributed by atoms with Crippen LogP contribution in [0.1, 0.15) is 42.1 Å². The minimum Gasteiger partial charge on any atom is -0.333 e. The zero-order chi connectivity index (χ0) is 15.1. The quantitative estimate of drug-likeness (QED) is 0.925. The van der Waals surface area contributed by atoms with E-state index in [2.05, 4.69) is 31.2 Å². The highest BCUT2D eigenvalue weighted by Gasteiger charge is 2.26. The summed E-state index contributed by atoms with van der Waals surface area (Å²) in [4.78, 5) is 16.6. The van der Waals surface area contributed by atoms with Gasteiger partial charge in [-0.05, 0) is 18.9 Å². The smallest absolute Gasteiger partial charge is 0.264 e. The van der Waals surface area contributed by atoms with Gasteiger partial charge in [0.25, 0.3) is 5.91 Å². The molecule has 0 saturated carbocycles. The van der Waals surface area contributed by atoms with Crippen LogP contribution in [0.25, 0.3) is 10.2 Å². The summed E-state index contributed by atoms with van der Waals surface area (Å²) in [7, 11) is 1.95. The molecule has 0 radical (unpaired) electrons. The van der Waals surface area contributed by atoms with Gasteiger partial charge in [0.05, 0.1) is 10.6 Å². The van der Waals surface area contributed by atoms with Crippen molar-refractivity contribution in [3.63, 3.8) is 0 Å². The van der Waals surface area contributed by atoms with Crippen LogP contribution in [0.5, 0.6) is 0 Å². The number of nitrogens with one attached hydrogen (secondary N) is 1. The molecule has 1 fully saturated rings. The Morgan fingerprint density at radius 3 is 2.95 bits per heavy atom. The van der Waals surface area contributed by atoms with Crippen molar-refractivity contribution in [3.8, 4) is 0 Å². The fourth-order valence-electron chi connectivity index (χ4n) is 2.88. The topological polar surface area (TPSA) is 50.2 Å². The lowest BCUT2D eigenvalue weighted by atomic mass is 10.1. The number of hydrogen-bond acceptors (Lipinski definition) is 4. The van der Waals surface area contributed by atoms with Crippen LogP contribution in [0, 0.1) is 0 Å². The summed E-state index contributed by atoms with van der Waals surface area (Å²) in [5.41, 5.74) is 1.08. The maximum absolute atomic E-state index is 12.7. The molecule has 6 heteroatoms. The molecule has 2 aromatic heterocycles. The van der Waals surface area contributed by atoms with E-state index in [0.29, 0.717) is 5.92 Å². The SMILES string of the molecule is CC(C)c1nn(C)c2sc(C(=O)N3CCNC[C@@H]3C)cc12. The van der Waals surface area contributed by atoms with Gasteiger partial charge in [-0.25, -0.2) is 0 Å². The molecule has 114 valence electrons. The number of fused-ring (bicyclic) bond motifs is 1. The van der Waals surface area contributed by atoms with E-state index in [9.17, 15) is 4.79 Å². The summed E-state index contributed by atoms with van der Waals surface area (Å²) in [5.74, 6) is 0.518. The minimum atomic E-state index is 0.153. The summed E-state index contributed by atoms with van der Waals surface area (Å²) >= 11 is 1.55. The van der Waals surface area contributed by atoms with Gasteiger partial charge in [0, 0.05) is 38.1 Å². The molecule has 1 N–H and O–H groups in total. The molecular weight excluding hydrogens is 284 g/mol. The first kappa shape index (κ1) is 14.5. The van der Waals surface area contributed by atoms with Crippen molar-refractivity contribution < 1.29 is 4.79 Å². The normalized spacial score (nSPS) is 19.7. The average molecular weight is 306 g/mol. The molecule has 0 bridgehead atoms. The molecule has 0 aliphatic carbocycles. The fraction of sp³-hybridized carbons (Fsp3) is 0.600. The molecule has 21 heavy (non-hydrogen) atoms. The predicted molar refractivity (Wildman–Crippen MR) is 86.0 cm³/mol. The number of nitrogens with zero attached hydrogens (tertiary/aromatic N) is 3. The number of aryl methyl sites for hydroxylation is 1. The highest BCUT2D eigenvalue weighted by Crippen LogP contribution is 2.32. The Kier molecular flexibility index (Phi) is 3.75. The van der Waals surface area contributed by atoms with Gasteiger partial charge >= 0.3 is 0 Å². The molecule has 1 saturated heterocycles. The van der Waals surface area contributed by atoms with E-state index in [4.69, 9.17) is 0 Å². The summed E-state index contributed by atoms with van der Waals surface area (Å²) < 4.78 is 1.90. The van der Waals surface area contributed by atoms with E-state index in [-0.39, 0.29) is 11.9 Å². The molecule has 0 aromatic carbocycles. The highest BCUT2D eigenvalue weighted by molar-refractivity contribution is 7.20. The average Bonchev–Trinajstić information content (AvgIpc) is 2.99. The van der Waals surface area contributed by atoms with Gasteiger partial charge in [0.2, 0.25) is 0 Å². The van der Waals surface area contributed by atoms with E-state index in [0.717, 1.165) is 40.4 Å². The Hall–Kier alpha value is -1.40. The minimum absolute atomic E-state index is 0.153. The number of rotatable bonds is 2. The van der Waals surface area contributed by atoms with Crippen molar-refractivity contribution in [2.24, 2.45) is 7.05 Å². The van der Waals surface area contributed by atoms with Gasteiger partial charge in [-0.3, -0.25) is 9.48 Å². The maximum Gasteiger partial charge on any atom is 0.264 e. The number of amides is 1. The number of piperazine rings is 1. The Morgan fingerprint density at radius 2 is 2.29 bits per heavy atom. The molecule has 1 amide bonds. The van der Waals surface area contributed by atoms with Crippen LogP contribution in [0.15, 0.2) is 6.07 Å². The van der Waals surface area contributed by atoms with Crippen LogP contribution in [0.3, 0.4) is 0 Å². The van der Waals surface area contributed by atoms with Crippen molar-refractivity contribution in [2.75, 3.05) is 19.6 Å². The second-order valence-corrected chi connectivity index (χ2v) is 7.08. The first-order valence-electron chi connectivity index (χ1n) is 7.47. The summed E-state index contributed by atoms with van der Waals surface area (Å²) in [6.45, 7) is 8.90. The highest BCUT2D eigenvalue weighted by atomic mass is 32.1. The molecule has 1 aliphatic heterocycles. The van der Waals surface area contributed by atoms with Crippen LogP contribution in [-0.4, -0.2) is 46.3 Å². The van der Waals surface area contributed by atoms with E-state index < -0.39 is 0 Å². The van der Waals surface area contributed by atoms with Crippen LogP contribution in [0.2, 0.25) is 0 Å². The van der Waals surface area contributed by atoms with Crippen molar-refractivity contribution >= 4 is 27.5 Å². The van der Waals surface area contributed by atoms with Crippen LogP contribution in [-0.2, 0) is 7.05 Å². The van der Waals surface area contributed by atoms with Crippen molar-refractivity contribution in [3.05, 3.63) is 16.6 Å². The standard InChI is InChI=1S/C15H22N4OS/c1-9(2)13-11-7-12(21-15(11)18(4)17-13)14(20)19-6-5-16-8-10(19)3/h7,9-10,16H,5-6,8H2,1-4H3/t10-/m0/s1. The van der Waals surface area contributed by atoms with E-state index in [1.165, 1.54) is 0 Å². The molecule has 5 nitrogen and oxygen atoms in total. The fourth-order valence-corrected chi connectivity index (χ4v) is 3.92. The van der Waals surface area contributed by atoms with Crippen LogP contribution < -0.4 is 5.32 Å². The Bertz CT molecular complexity index is 673. The number of aromatic nitrogens is 2. The molecular formula is C15H22N4OS. The summed E-state index contributed by atoms with van der Waals surface area (Å²) in [6.07, 6.45) is 0. The van der Waals surface area contributed by atoms with E-state index in [1.54, 1.807) is 11.3 Å². The third-order valence-corrected chi connectivity index (χ3v) is 5.25. The van der Waals surface area contributed by atoms with E-state index >= 15 is 0 Å². The predicted octanol–water partition coefficient (Wildman–Crippen LogP) is 2.19. The molecule has 2 aromatic rings. The molecule has 1 aliphatic rings. The summed E-state index contributed by atoms with van der Waals surface area (Å²) in [5, 5.41) is 9.02. The number of thiophene rings is 1. The Labute approximate surface area is 128 Å². The molecule has 3 heterocycles. The van der Waals surface area contributed by atoms with Crippen molar-refractivity contribution in [2.45, 2.75) is 32.7 Å². The molecule has 1 atom stereocenters. The van der Waals surface area contributed by atoms with Crippen LogP contribution >= 0.6 is 11.3 Å². The third-order valence-electron chi connectivity index (χ3n) is 4.06. The lowest BCUT2D eigenvalue weighted by Gasteiger charge is -2.33. The monoisotopic (exact) mass is 306 g/mol. The molecule has 3 rings (SSSR count). The van der Waals surface area contributed by atoms with Gasteiger partial charge in [-0.2, -0.15) is 5.10 Å². The first-order chi connectivity index (χ1) is 9.99. The van der Waals surface area contributed by atoms with Gasteiger partial charge in [0.15, 0.2) is 0 Å². The number of carbonyl (C=O) groups is 1. The molecule has 0 unspecified atom stereocenters. The second kappa shape index (κ2) is 5.42. The number of hydrogen-bond donors (Lipinski definition) is 1. The second-order valence-electron chi connectivity index (χ2n) is 6.04. The van der Waals surface area contributed by atoms with Crippen molar-refractivity contribution in [1.29, 1.82) is 0 Å².